The number of carbonyl (C=O) groups excluding carboxylic acids is 2. The van der Waals surface area contributed by atoms with E-state index in [2.05, 4.69) is 11.7 Å². The van der Waals surface area contributed by atoms with Crippen molar-refractivity contribution in [3.63, 3.8) is 0 Å². The van der Waals surface area contributed by atoms with Gasteiger partial charge in [-0.1, -0.05) is 19.8 Å². The molecule has 0 aromatic rings. The van der Waals surface area contributed by atoms with Gasteiger partial charge in [0.2, 0.25) is 5.76 Å². The molecule has 1 rings (SSSR count). The van der Waals surface area contributed by atoms with Gasteiger partial charge in [-0.05, 0) is 12.8 Å². The van der Waals surface area contributed by atoms with Crippen LogP contribution in [0.4, 0.5) is 0 Å². The van der Waals surface area contributed by atoms with E-state index in [1.54, 1.807) is 0 Å². The van der Waals surface area contributed by atoms with Gasteiger partial charge in [-0.3, -0.25) is 0 Å². The smallest absolute Gasteiger partial charge is 0.373 e. The number of carbonyl (C=O) groups is 2. The minimum atomic E-state index is -0.897. The van der Waals surface area contributed by atoms with E-state index in [-0.39, 0.29) is 18.1 Å². The predicted molar refractivity (Wildman–Crippen MR) is 60.3 cm³/mol. The minimum absolute atomic E-state index is 0.0262. The number of aliphatic hydroxyl groups is 1. The first kappa shape index (κ1) is 13.5. The third-order valence-corrected chi connectivity index (χ3v) is 2.75. The van der Waals surface area contributed by atoms with Crippen molar-refractivity contribution in [1.82, 2.24) is 0 Å². The molecule has 1 unspecified atom stereocenters. The summed E-state index contributed by atoms with van der Waals surface area (Å²) in [6.45, 7) is 2.09. The third-order valence-electron chi connectivity index (χ3n) is 2.75. The Morgan fingerprint density at radius 1 is 1.53 bits per heavy atom. The standard InChI is InChI=1S/C12H18O5/c1-3-4-5-6-8-7-9(11(14)17-8)10(13)12(15)16-2/h8,13H,3-7H2,1-2H3/b10-9-. The van der Waals surface area contributed by atoms with Gasteiger partial charge >= 0.3 is 11.9 Å². The molecule has 0 aromatic carbocycles. The number of hydrogen-bond donors (Lipinski definition) is 1. The molecule has 5 nitrogen and oxygen atoms in total. The maximum absolute atomic E-state index is 11.4. The van der Waals surface area contributed by atoms with Gasteiger partial charge in [0.1, 0.15) is 6.10 Å². The lowest BCUT2D eigenvalue weighted by atomic mass is 10.0. The highest BCUT2D eigenvalue weighted by atomic mass is 16.6. The molecule has 17 heavy (non-hydrogen) atoms. The van der Waals surface area contributed by atoms with Crippen LogP contribution in [0.2, 0.25) is 0 Å². The lowest BCUT2D eigenvalue weighted by Gasteiger charge is -2.06. The van der Waals surface area contributed by atoms with Crippen molar-refractivity contribution in [1.29, 1.82) is 0 Å². The average Bonchev–Trinajstić information content (AvgIpc) is 2.69. The monoisotopic (exact) mass is 242 g/mol. The Balaban J connectivity index is 2.60. The summed E-state index contributed by atoms with van der Waals surface area (Å²) < 4.78 is 9.42. The molecule has 1 heterocycles. The Morgan fingerprint density at radius 3 is 2.82 bits per heavy atom. The normalized spacial score (nSPS) is 22.2. The largest absolute Gasteiger partial charge is 0.501 e. The zero-order valence-electron chi connectivity index (χ0n) is 10.2. The predicted octanol–water partition coefficient (Wildman–Crippen LogP) is 1.87. The quantitative estimate of drug-likeness (QED) is 0.345. The Labute approximate surface area is 100 Å². The Kier molecular flexibility index (Phi) is 5.00. The first-order valence-electron chi connectivity index (χ1n) is 5.81. The van der Waals surface area contributed by atoms with Gasteiger partial charge in [-0.2, -0.15) is 0 Å². The molecule has 1 aliphatic heterocycles. The maximum atomic E-state index is 11.4. The van der Waals surface area contributed by atoms with Crippen molar-refractivity contribution in [3.05, 3.63) is 11.3 Å². The maximum Gasteiger partial charge on any atom is 0.373 e. The van der Waals surface area contributed by atoms with E-state index in [0.717, 1.165) is 32.8 Å². The van der Waals surface area contributed by atoms with E-state index >= 15 is 0 Å². The molecule has 96 valence electrons. The number of aliphatic hydroxyl groups excluding tert-OH is 1. The molecule has 1 N–H and O–H groups in total. The second kappa shape index (κ2) is 6.27. The van der Waals surface area contributed by atoms with Crippen molar-refractivity contribution in [3.8, 4) is 0 Å². The highest BCUT2D eigenvalue weighted by Crippen LogP contribution is 2.26. The second-order valence-electron chi connectivity index (χ2n) is 4.05. The van der Waals surface area contributed by atoms with E-state index in [1.165, 1.54) is 0 Å². The Hall–Kier alpha value is -1.52. The van der Waals surface area contributed by atoms with Crippen LogP contribution in [-0.4, -0.2) is 30.3 Å². The van der Waals surface area contributed by atoms with Crippen LogP contribution < -0.4 is 0 Å². The first-order valence-corrected chi connectivity index (χ1v) is 5.81. The van der Waals surface area contributed by atoms with Crippen LogP contribution in [0.25, 0.3) is 0 Å². The van der Waals surface area contributed by atoms with Crippen LogP contribution in [0.3, 0.4) is 0 Å². The molecule has 0 bridgehead atoms. The van der Waals surface area contributed by atoms with Crippen LogP contribution in [-0.2, 0) is 19.1 Å². The van der Waals surface area contributed by atoms with Crippen molar-refractivity contribution < 1.29 is 24.2 Å². The van der Waals surface area contributed by atoms with Crippen molar-refractivity contribution in [2.45, 2.75) is 45.1 Å². The molecule has 0 aliphatic carbocycles. The van der Waals surface area contributed by atoms with Crippen LogP contribution in [0.5, 0.6) is 0 Å². The van der Waals surface area contributed by atoms with Crippen molar-refractivity contribution >= 4 is 11.9 Å². The van der Waals surface area contributed by atoms with Crippen molar-refractivity contribution in [2.24, 2.45) is 0 Å². The minimum Gasteiger partial charge on any atom is -0.501 e. The van der Waals surface area contributed by atoms with E-state index in [4.69, 9.17) is 4.74 Å². The number of cyclic esters (lactones) is 1. The van der Waals surface area contributed by atoms with E-state index in [1.807, 2.05) is 0 Å². The molecule has 0 radical (unpaired) electrons. The van der Waals surface area contributed by atoms with Gasteiger partial charge in [0.15, 0.2) is 0 Å². The summed E-state index contributed by atoms with van der Waals surface area (Å²) in [6, 6.07) is 0. The average molecular weight is 242 g/mol. The zero-order chi connectivity index (χ0) is 12.8. The summed E-state index contributed by atoms with van der Waals surface area (Å²) in [6.07, 6.45) is 3.96. The number of unbranched alkanes of at least 4 members (excludes halogenated alkanes) is 2. The zero-order valence-corrected chi connectivity index (χ0v) is 10.2. The number of esters is 2. The number of hydrogen-bond acceptors (Lipinski definition) is 5. The molecular formula is C12H18O5. The summed E-state index contributed by atoms with van der Waals surface area (Å²) in [5.41, 5.74) is 0.0262. The summed E-state index contributed by atoms with van der Waals surface area (Å²) >= 11 is 0. The summed E-state index contributed by atoms with van der Waals surface area (Å²) in [4.78, 5) is 22.5. The summed E-state index contributed by atoms with van der Waals surface area (Å²) in [5.74, 6) is -2.14. The van der Waals surface area contributed by atoms with E-state index in [0.29, 0.717) is 0 Å². The van der Waals surface area contributed by atoms with Gasteiger partial charge in [0.05, 0.1) is 12.7 Å². The van der Waals surface area contributed by atoms with Gasteiger partial charge in [0.25, 0.3) is 0 Å². The van der Waals surface area contributed by atoms with Gasteiger partial charge in [-0.25, -0.2) is 9.59 Å². The van der Waals surface area contributed by atoms with Crippen LogP contribution >= 0.6 is 0 Å². The van der Waals surface area contributed by atoms with Crippen LogP contribution in [0, 0.1) is 0 Å². The SMILES string of the molecule is CCCCCC1C/C(=C(/O)C(=O)OC)C(=O)O1. The fourth-order valence-electron chi connectivity index (χ4n) is 1.77. The molecule has 0 amide bonds. The second-order valence-corrected chi connectivity index (χ2v) is 4.05. The molecule has 1 saturated heterocycles. The molecule has 0 spiro atoms. The van der Waals surface area contributed by atoms with Gasteiger partial charge < -0.3 is 14.6 Å². The van der Waals surface area contributed by atoms with Crippen LogP contribution in [0.15, 0.2) is 11.3 Å². The van der Waals surface area contributed by atoms with Crippen molar-refractivity contribution in [2.75, 3.05) is 7.11 Å². The lowest BCUT2D eigenvalue weighted by molar-refractivity contribution is -0.142. The highest BCUT2D eigenvalue weighted by molar-refractivity contribution is 5.99. The topological polar surface area (TPSA) is 72.8 Å². The lowest BCUT2D eigenvalue weighted by Crippen LogP contribution is -2.09. The van der Waals surface area contributed by atoms with E-state index in [9.17, 15) is 14.7 Å². The number of ether oxygens (including phenoxy) is 2. The Morgan fingerprint density at radius 2 is 2.24 bits per heavy atom. The summed E-state index contributed by atoms with van der Waals surface area (Å²) in [5, 5.41) is 9.48. The van der Waals surface area contributed by atoms with Crippen LogP contribution in [0.1, 0.15) is 39.0 Å². The number of methoxy groups -OCH3 is 1. The molecule has 0 aromatic heterocycles. The molecule has 1 aliphatic rings. The molecule has 1 fully saturated rings. The highest BCUT2D eigenvalue weighted by Gasteiger charge is 2.33. The summed E-state index contributed by atoms with van der Waals surface area (Å²) in [7, 11) is 1.15. The Bertz CT molecular complexity index is 332. The number of rotatable bonds is 5. The molecule has 5 heteroatoms. The molecule has 0 saturated carbocycles. The fraction of sp³-hybridized carbons (Fsp3) is 0.667. The van der Waals surface area contributed by atoms with Gasteiger partial charge in [0, 0.05) is 6.42 Å². The van der Waals surface area contributed by atoms with E-state index < -0.39 is 17.7 Å². The molecular weight excluding hydrogens is 224 g/mol. The first-order chi connectivity index (χ1) is 8.10. The fourth-order valence-corrected chi connectivity index (χ4v) is 1.77. The van der Waals surface area contributed by atoms with Gasteiger partial charge in [-0.15, -0.1) is 0 Å². The third kappa shape index (κ3) is 3.47. The molecule has 1 atom stereocenters.